The van der Waals surface area contributed by atoms with E-state index in [0.717, 1.165) is 25.0 Å². The number of unbranched alkanes of at least 4 members (excludes halogenated alkanes) is 1. The molecule has 0 atom stereocenters. The summed E-state index contributed by atoms with van der Waals surface area (Å²) in [4.78, 5) is 4.01. The van der Waals surface area contributed by atoms with Gasteiger partial charge in [0.25, 0.3) is 0 Å². The molecule has 0 aliphatic carbocycles. The Kier molecular flexibility index (Phi) is 5.44. The number of halogens is 3. The molecule has 0 saturated carbocycles. The van der Waals surface area contributed by atoms with Crippen LogP contribution in [-0.2, 0) is 0 Å². The molecule has 1 aromatic rings. The van der Waals surface area contributed by atoms with Gasteiger partial charge >= 0.3 is 0 Å². The Hall–Kier alpha value is -1.76. The lowest BCUT2D eigenvalue weighted by atomic mass is 10.3. The van der Waals surface area contributed by atoms with E-state index in [2.05, 4.69) is 15.7 Å². The largest absolute Gasteiger partial charge is 0.323 e. The third kappa shape index (κ3) is 3.63. The lowest BCUT2D eigenvalue weighted by molar-refractivity contribution is 0.449. The maximum Gasteiger partial charge on any atom is 0.210 e. The summed E-state index contributed by atoms with van der Waals surface area (Å²) in [6.07, 6.45) is 1.79. The number of guanidine groups is 1. The van der Waals surface area contributed by atoms with Gasteiger partial charge in [0.15, 0.2) is 17.5 Å². The van der Waals surface area contributed by atoms with Crippen LogP contribution in [0.5, 0.6) is 0 Å². The number of rotatable bonds is 4. The van der Waals surface area contributed by atoms with Gasteiger partial charge in [0.1, 0.15) is 0 Å². The van der Waals surface area contributed by atoms with Crippen molar-refractivity contribution in [2.75, 3.05) is 11.9 Å². The summed E-state index contributed by atoms with van der Waals surface area (Å²) >= 11 is 0. The van der Waals surface area contributed by atoms with Crippen LogP contribution in [0, 0.1) is 17.5 Å². The number of hydrazine groups is 1. The quantitative estimate of drug-likeness (QED) is 0.194. The normalized spacial score (nSPS) is 11.5. The lowest BCUT2D eigenvalue weighted by Gasteiger charge is -2.10. The van der Waals surface area contributed by atoms with Crippen molar-refractivity contribution in [1.82, 2.24) is 5.43 Å². The topological polar surface area (TPSA) is 62.4 Å². The third-order valence-electron chi connectivity index (χ3n) is 2.21. The summed E-state index contributed by atoms with van der Waals surface area (Å²) in [7, 11) is 0. The Morgan fingerprint density at radius 1 is 1.28 bits per heavy atom. The van der Waals surface area contributed by atoms with E-state index in [-0.39, 0.29) is 11.6 Å². The standard InChI is InChI=1S/C11H15F3N4/c1-2-3-6-16-11(18-15)17-8-5-4-7(12)9(13)10(8)14/h4-5H,2-3,6,15H2,1H3,(H2,16,17,18). The summed E-state index contributed by atoms with van der Waals surface area (Å²) in [6, 6.07) is 1.89. The third-order valence-corrected chi connectivity index (χ3v) is 2.21. The molecular weight excluding hydrogens is 245 g/mol. The van der Waals surface area contributed by atoms with E-state index in [9.17, 15) is 13.2 Å². The highest BCUT2D eigenvalue weighted by Gasteiger charge is 2.14. The molecule has 100 valence electrons. The number of hydrogen-bond donors (Lipinski definition) is 3. The average molecular weight is 260 g/mol. The van der Waals surface area contributed by atoms with Crippen LogP contribution in [-0.4, -0.2) is 12.5 Å². The summed E-state index contributed by atoms with van der Waals surface area (Å²) in [5.41, 5.74) is 1.99. The summed E-state index contributed by atoms with van der Waals surface area (Å²) in [6.45, 7) is 2.49. The van der Waals surface area contributed by atoms with Gasteiger partial charge in [0.2, 0.25) is 5.96 Å². The Morgan fingerprint density at radius 2 is 2.00 bits per heavy atom. The van der Waals surface area contributed by atoms with Crippen LogP contribution in [0.15, 0.2) is 17.1 Å². The molecule has 18 heavy (non-hydrogen) atoms. The molecule has 0 amide bonds. The van der Waals surface area contributed by atoms with E-state index >= 15 is 0 Å². The molecule has 7 heteroatoms. The van der Waals surface area contributed by atoms with E-state index in [1.165, 1.54) is 0 Å². The molecule has 4 N–H and O–H groups in total. The molecule has 0 aliphatic rings. The molecule has 0 radical (unpaired) electrons. The highest BCUT2D eigenvalue weighted by atomic mass is 19.2. The molecule has 0 unspecified atom stereocenters. The smallest absolute Gasteiger partial charge is 0.210 e. The predicted molar refractivity (Wildman–Crippen MR) is 64.5 cm³/mol. The predicted octanol–water partition coefficient (Wildman–Crippen LogP) is 2.14. The van der Waals surface area contributed by atoms with Crippen LogP contribution in [0.3, 0.4) is 0 Å². The van der Waals surface area contributed by atoms with E-state index in [1.807, 2.05) is 6.92 Å². The van der Waals surface area contributed by atoms with Crippen molar-refractivity contribution in [2.45, 2.75) is 19.8 Å². The minimum absolute atomic E-state index is 0.0911. The summed E-state index contributed by atoms with van der Waals surface area (Å²) < 4.78 is 39.0. The van der Waals surface area contributed by atoms with E-state index in [1.54, 1.807) is 0 Å². The first kappa shape index (κ1) is 14.3. The van der Waals surface area contributed by atoms with Gasteiger partial charge in [-0.05, 0) is 18.6 Å². The van der Waals surface area contributed by atoms with Crippen LogP contribution < -0.4 is 16.6 Å². The number of hydrogen-bond acceptors (Lipinski definition) is 2. The van der Waals surface area contributed by atoms with Crippen LogP contribution >= 0.6 is 0 Å². The zero-order valence-corrected chi connectivity index (χ0v) is 9.93. The van der Waals surface area contributed by atoms with Crippen LogP contribution in [0.2, 0.25) is 0 Å². The average Bonchev–Trinajstić information content (AvgIpc) is 2.38. The van der Waals surface area contributed by atoms with E-state index < -0.39 is 17.5 Å². The van der Waals surface area contributed by atoms with Crippen molar-refractivity contribution in [3.8, 4) is 0 Å². The second-order valence-corrected chi connectivity index (χ2v) is 3.58. The van der Waals surface area contributed by atoms with Gasteiger partial charge in [-0.2, -0.15) is 0 Å². The maximum atomic E-state index is 13.3. The van der Waals surface area contributed by atoms with Gasteiger partial charge in [-0.1, -0.05) is 13.3 Å². The first-order valence-electron chi connectivity index (χ1n) is 5.51. The molecule has 0 spiro atoms. The zero-order valence-electron chi connectivity index (χ0n) is 9.93. The van der Waals surface area contributed by atoms with Gasteiger partial charge < -0.3 is 5.32 Å². The van der Waals surface area contributed by atoms with Crippen molar-refractivity contribution in [2.24, 2.45) is 10.8 Å². The second-order valence-electron chi connectivity index (χ2n) is 3.58. The number of benzene rings is 1. The minimum atomic E-state index is -1.54. The molecule has 1 aromatic carbocycles. The van der Waals surface area contributed by atoms with Gasteiger partial charge in [-0.25, -0.2) is 19.0 Å². The van der Waals surface area contributed by atoms with Crippen LogP contribution in [0.25, 0.3) is 0 Å². The number of nitrogens with one attached hydrogen (secondary N) is 2. The minimum Gasteiger partial charge on any atom is -0.323 e. The van der Waals surface area contributed by atoms with Crippen molar-refractivity contribution in [3.63, 3.8) is 0 Å². The van der Waals surface area contributed by atoms with Gasteiger partial charge in [-0.3, -0.25) is 10.4 Å². The van der Waals surface area contributed by atoms with Gasteiger partial charge in [-0.15, -0.1) is 0 Å². The molecular formula is C11H15F3N4. The van der Waals surface area contributed by atoms with E-state index in [4.69, 9.17) is 5.84 Å². The van der Waals surface area contributed by atoms with Crippen molar-refractivity contribution in [1.29, 1.82) is 0 Å². The Balaban J connectivity index is 2.82. The molecule has 0 aliphatic heterocycles. The van der Waals surface area contributed by atoms with Gasteiger partial charge in [0, 0.05) is 6.54 Å². The second kappa shape index (κ2) is 6.85. The number of anilines is 1. The Morgan fingerprint density at radius 3 is 2.61 bits per heavy atom. The zero-order chi connectivity index (χ0) is 13.5. The molecule has 0 saturated heterocycles. The summed E-state index contributed by atoms with van der Waals surface area (Å²) in [5.74, 6) is 1.18. The highest BCUT2D eigenvalue weighted by Crippen LogP contribution is 2.19. The highest BCUT2D eigenvalue weighted by molar-refractivity contribution is 5.93. The fraction of sp³-hybridized carbons (Fsp3) is 0.364. The number of nitrogens with zero attached hydrogens (tertiary/aromatic N) is 1. The fourth-order valence-corrected chi connectivity index (χ4v) is 1.22. The lowest BCUT2D eigenvalue weighted by Crippen LogP contribution is -2.36. The monoisotopic (exact) mass is 260 g/mol. The van der Waals surface area contributed by atoms with Crippen LogP contribution in [0.1, 0.15) is 19.8 Å². The fourth-order valence-electron chi connectivity index (χ4n) is 1.22. The first-order valence-corrected chi connectivity index (χ1v) is 5.51. The molecule has 0 fully saturated rings. The molecule has 0 heterocycles. The molecule has 4 nitrogen and oxygen atoms in total. The first-order chi connectivity index (χ1) is 8.60. The maximum absolute atomic E-state index is 13.3. The Bertz CT molecular complexity index is 435. The number of nitrogens with two attached hydrogens (primary N) is 1. The van der Waals surface area contributed by atoms with Crippen molar-refractivity contribution >= 4 is 11.6 Å². The van der Waals surface area contributed by atoms with Gasteiger partial charge in [0.05, 0.1) is 5.69 Å². The summed E-state index contributed by atoms with van der Waals surface area (Å²) in [5, 5.41) is 2.46. The van der Waals surface area contributed by atoms with E-state index in [0.29, 0.717) is 6.54 Å². The Labute approximate surface area is 103 Å². The van der Waals surface area contributed by atoms with Crippen LogP contribution in [0.4, 0.5) is 18.9 Å². The number of aliphatic imine (C=N–C) groups is 1. The molecule has 0 bridgehead atoms. The van der Waals surface area contributed by atoms with Crippen molar-refractivity contribution in [3.05, 3.63) is 29.6 Å². The molecule has 1 rings (SSSR count). The SMILES string of the molecule is CCCCN=C(NN)Nc1ccc(F)c(F)c1F. The van der Waals surface area contributed by atoms with Crippen molar-refractivity contribution < 1.29 is 13.2 Å². The molecule has 0 aromatic heterocycles.